The summed E-state index contributed by atoms with van der Waals surface area (Å²) in [5.41, 5.74) is 7.56. The summed E-state index contributed by atoms with van der Waals surface area (Å²) >= 11 is 0. The third-order valence-corrected chi connectivity index (χ3v) is 14.9. The molecule has 150 valence electrons. The van der Waals surface area contributed by atoms with Crippen LogP contribution >= 0.6 is 0 Å². The van der Waals surface area contributed by atoms with Crippen LogP contribution in [0, 0.1) is 0 Å². The Morgan fingerprint density at radius 1 is 0.846 bits per heavy atom. The highest BCUT2D eigenvalue weighted by Crippen LogP contribution is 2.38. The van der Waals surface area contributed by atoms with E-state index in [0.717, 1.165) is 12.2 Å². The van der Waals surface area contributed by atoms with Gasteiger partial charge < -0.3 is 14.6 Å². The molecule has 0 aromatic heterocycles. The molecule has 2 N–H and O–H groups in total. The van der Waals surface area contributed by atoms with Crippen molar-refractivity contribution in [3.8, 4) is 5.75 Å². The van der Waals surface area contributed by atoms with E-state index in [1.54, 1.807) is 0 Å². The lowest BCUT2D eigenvalue weighted by Gasteiger charge is -2.37. The maximum Gasteiger partial charge on any atom is 0.250 e. The van der Waals surface area contributed by atoms with Gasteiger partial charge in [0.05, 0.1) is 0 Å². The van der Waals surface area contributed by atoms with E-state index in [0.29, 0.717) is 6.61 Å². The first kappa shape index (κ1) is 23.4. The molecule has 0 bridgehead atoms. The van der Waals surface area contributed by atoms with Crippen molar-refractivity contribution in [2.24, 2.45) is 5.73 Å². The fraction of sp³-hybridized carbons (Fsp3) is 0.714. The standard InChI is InChI=1S/C21H41NO2Si2/c1-20(2,3)25(7,8)23-16-18(22)15-17-11-13-19(14-12-17)24-26(9,10)21(4,5)6/h11-14,18H,15-16,22H2,1-10H3/t18-/m1/s1. The first-order valence-electron chi connectivity index (χ1n) is 9.73. The molecule has 1 rings (SSSR count). The molecule has 0 fully saturated rings. The lowest BCUT2D eigenvalue weighted by Crippen LogP contribution is -2.44. The molecular weight excluding hydrogens is 354 g/mol. The molecule has 3 nitrogen and oxygen atoms in total. The van der Waals surface area contributed by atoms with Gasteiger partial charge in [0.1, 0.15) is 5.75 Å². The van der Waals surface area contributed by atoms with E-state index in [-0.39, 0.29) is 16.1 Å². The Morgan fingerprint density at radius 2 is 1.31 bits per heavy atom. The minimum atomic E-state index is -1.79. The summed E-state index contributed by atoms with van der Waals surface area (Å²) in [7, 11) is -3.52. The summed E-state index contributed by atoms with van der Waals surface area (Å²) in [5, 5.41) is 0.421. The van der Waals surface area contributed by atoms with Crippen LogP contribution in [0.5, 0.6) is 5.75 Å². The maximum atomic E-state index is 6.34. The van der Waals surface area contributed by atoms with Gasteiger partial charge in [-0.1, -0.05) is 53.7 Å². The van der Waals surface area contributed by atoms with Crippen molar-refractivity contribution in [2.45, 2.75) is 90.3 Å². The summed E-state index contributed by atoms with van der Waals surface area (Å²) in [6.45, 7) is 23.3. The van der Waals surface area contributed by atoms with Crippen LogP contribution in [0.3, 0.4) is 0 Å². The third kappa shape index (κ3) is 6.52. The van der Waals surface area contributed by atoms with Crippen LogP contribution in [0.25, 0.3) is 0 Å². The van der Waals surface area contributed by atoms with Gasteiger partial charge in [-0.3, -0.25) is 0 Å². The summed E-state index contributed by atoms with van der Waals surface area (Å²) in [6, 6.07) is 8.45. The molecule has 0 spiro atoms. The van der Waals surface area contributed by atoms with Gasteiger partial charge in [0.2, 0.25) is 8.32 Å². The Morgan fingerprint density at radius 3 is 1.73 bits per heavy atom. The lowest BCUT2D eigenvalue weighted by molar-refractivity contribution is 0.262. The molecule has 0 unspecified atom stereocenters. The second-order valence-electron chi connectivity index (χ2n) is 10.5. The average Bonchev–Trinajstić information content (AvgIpc) is 2.45. The van der Waals surface area contributed by atoms with Gasteiger partial charge in [0.15, 0.2) is 8.32 Å². The fourth-order valence-electron chi connectivity index (χ4n) is 2.03. The predicted octanol–water partition coefficient (Wildman–Crippen LogP) is 5.96. The molecule has 26 heavy (non-hydrogen) atoms. The number of nitrogens with two attached hydrogens (primary N) is 1. The zero-order valence-electron chi connectivity index (χ0n) is 18.7. The SMILES string of the molecule is CC(C)(C)[Si](C)(C)OC[C@H](N)Cc1ccc(O[Si](C)(C)C(C)(C)C)cc1. The highest BCUT2D eigenvalue weighted by molar-refractivity contribution is 6.75. The maximum absolute atomic E-state index is 6.34. The van der Waals surface area contributed by atoms with Crippen molar-refractivity contribution in [1.29, 1.82) is 0 Å². The molecular formula is C21H41NO2Si2. The Bertz CT molecular complexity index is 569. The molecule has 0 aliphatic carbocycles. The molecule has 0 saturated heterocycles. The minimum absolute atomic E-state index is 0.0243. The van der Waals surface area contributed by atoms with Crippen molar-refractivity contribution in [1.82, 2.24) is 0 Å². The summed E-state index contributed by atoms with van der Waals surface area (Å²) < 4.78 is 12.6. The van der Waals surface area contributed by atoms with Crippen LogP contribution < -0.4 is 10.2 Å². The van der Waals surface area contributed by atoms with Gasteiger partial charge in [0.25, 0.3) is 0 Å². The molecule has 0 radical (unpaired) electrons. The molecule has 0 aliphatic rings. The minimum Gasteiger partial charge on any atom is -0.544 e. The average molecular weight is 396 g/mol. The number of benzene rings is 1. The van der Waals surface area contributed by atoms with Crippen molar-refractivity contribution in [3.05, 3.63) is 29.8 Å². The number of hydrogen-bond donors (Lipinski definition) is 1. The second kappa shape index (κ2) is 8.17. The number of hydrogen-bond acceptors (Lipinski definition) is 3. The Labute approximate surface area is 163 Å². The summed E-state index contributed by atoms with van der Waals surface area (Å²) in [4.78, 5) is 0. The molecule has 1 aromatic carbocycles. The van der Waals surface area contributed by atoms with Crippen LogP contribution in [0.15, 0.2) is 24.3 Å². The first-order valence-corrected chi connectivity index (χ1v) is 15.5. The van der Waals surface area contributed by atoms with E-state index in [1.807, 2.05) is 0 Å². The van der Waals surface area contributed by atoms with Crippen molar-refractivity contribution < 1.29 is 8.85 Å². The zero-order chi connectivity index (χ0) is 20.4. The van der Waals surface area contributed by atoms with Gasteiger partial charge >= 0.3 is 0 Å². The van der Waals surface area contributed by atoms with Crippen molar-refractivity contribution in [3.63, 3.8) is 0 Å². The zero-order valence-corrected chi connectivity index (χ0v) is 20.7. The van der Waals surface area contributed by atoms with Crippen molar-refractivity contribution in [2.75, 3.05) is 6.61 Å². The fourth-order valence-corrected chi connectivity index (χ4v) is 4.13. The first-order chi connectivity index (χ1) is 11.6. The van der Waals surface area contributed by atoms with E-state index in [9.17, 15) is 0 Å². The van der Waals surface area contributed by atoms with Gasteiger partial charge in [-0.2, -0.15) is 0 Å². The van der Waals surface area contributed by atoms with Crippen LogP contribution in [0.2, 0.25) is 36.3 Å². The van der Waals surface area contributed by atoms with Crippen molar-refractivity contribution >= 4 is 16.6 Å². The van der Waals surface area contributed by atoms with Crippen LogP contribution in [0.1, 0.15) is 47.1 Å². The third-order valence-electron chi connectivity index (χ3n) is 6.06. The molecule has 0 heterocycles. The Balaban J connectivity index is 2.62. The Hall–Kier alpha value is -0.626. The molecule has 1 aromatic rings. The normalized spacial score (nSPS) is 15.0. The van der Waals surface area contributed by atoms with Crippen LogP contribution in [-0.2, 0) is 10.8 Å². The largest absolute Gasteiger partial charge is 0.544 e. The predicted molar refractivity (Wildman–Crippen MR) is 119 cm³/mol. The van der Waals surface area contributed by atoms with Crippen LogP contribution in [-0.4, -0.2) is 29.3 Å². The van der Waals surface area contributed by atoms with E-state index in [2.05, 4.69) is 92.0 Å². The monoisotopic (exact) mass is 395 g/mol. The molecule has 0 saturated carbocycles. The summed E-state index contributed by atoms with van der Waals surface area (Å²) in [5.74, 6) is 0.964. The lowest BCUT2D eigenvalue weighted by atomic mass is 10.1. The van der Waals surface area contributed by atoms with Gasteiger partial charge in [-0.25, -0.2) is 0 Å². The molecule has 5 heteroatoms. The highest BCUT2D eigenvalue weighted by atomic mass is 28.4. The topological polar surface area (TPSA) is 44.5 Å². The van der Waals surface area contributed by atoms with Gasteiger partial charge in [-0.15, -0.1) is 0 Å². The van der Waals surface area contributed by atoms with E-state index < -0.39 is 16.6 Å². The quantitative estimate of drug-likeness (QED) is 0.579. The Kier molecular flexibility index (Phi) is 7.36. The van der Waals surface area contributed by atoms with Gasteiger partial charge in [-0.05, 0) is 60.4 Å². The molecule has 0 aliphatic heterocycles. The second-order valence-corrected chi connectivity index (χ2v) is 20.1. The van der Waals surface area contributed by atoms with E-state index >= 15 is 0 Å². The highest BCUT2D eigenvalue weighted by Gasteiger charge is 2.39. The summed E-state index contributed by atoms with van der Waals surface area (Å²) in [6.07, 6.45) is 0.828. The number of rotatable bonds is 7. The van der Waals surface area contributed by atoms with Gasteiger partial charge in [0, 0.05) is 12.6 Å². The molecule has 0 amide bonds. The van der Waals surface area contributed by atoms with Crippen LogP contribution in [0.4, 0.5) is 0 Å². The molecule has 1 atom stereocenters. The smallest absolute Gasteiger partial charge is 0.250 e. The van der Waals surface area contributed by atoms with E-state index in [1.165, 1.54) is 5.56 Å². The van der Waals surface area contributed by atoms with E-state index in [4.69, 9.17) is 14.6 Å².